The molecule has 1 atom stereocenters. The molecule has 2 aliphatic rings. The molecule has 39 heavy (non-hydrogen) atoms. The number of nitrogens with one attached hydrogen (secondary N) is 1. The van der Waals surface area contributed by atoms with Crippen molar-refractivity contribution in [1.29, 1.82) is 5.26 Å². The summed E-state index contributed by atoms with van der Waals surface area (Å²) in [7, 11) is 0. The highest BCUT2D eigenvalue weighted by Gasteiger charge is 2.26. The number of aliphatic hydroxyl groups is 1. The molecular weight excluding hydrogens is 498 g/mol. The summed E-state index contributed by atoms with van der Waals surface area (Å²) in [6.45, 7) is 5.71. The van der Waals surface area contributed by atoms with E-state index < -0.39 is 6.10 Å². The molecule has 3 heterocycles. The Hall–Kier alpha value is -4.27. The van der Waals surface area contributed by atoms with E-state index in [4.69, 9.17) is 9.47 Å². The van der Waals surface area contributed by atoms with Crippen molar-refractivity contribution in [1.82, 2.24) is 19.9 Å². The lowest BCUT2D eigenvalue weighted by molar-refractivity contribution is -0.141. The van der Waals surface area contributed by atoms with E-state index >= 15 is 0 Å². The van der Waals surface area contributed by atoms with Crippen LogP contribution in [0.25, 0.3) is 11.4 Å². The predicted octanol–water partition coefficient (Wildman–Crippen LogP) is 2.74. The molecule has 2 aliphatic heterocycles. The number of piperidine rings is 1. The van der Waals surface area contributed by atoms with Crippen LogP contribution >= 0.6 is 0 Å². The van der Waals surface area contributed by atoms with Gasteiger partial charge in [-0.05, 0) is 49.4 Å². The Morgan fingerprint density at radius 2 is 1.87 bits per heavy atom. The van der Waals surface area contributed by atoms with Crippen LogP contribution in [0.4, 0.5) is 17.3 Å². The van der Waals surface area contributed by atoms with Crippen molar-refractivity contribution in [2.45, 2.75) is 32.0 Å². The number of carbonyl (C=O) groups is 1. The molecule has 1 amide bonds. The summed E-state index contributed by atoms with van der Waals surface area (Å²) in [5.74, 6) is 1.04. The number of benzene rings is 2. The van der Waals surface area contributed by atoms with Gasteiger partial charge in [0.1, 0.15) is 30.4 Å². The van der Waals surface area contributed by atoms with Crippen molar-refractivity contribution in [3.05, 3.63) is 54.4 Å². The highest BCUT2D eigenvalue weighted by Crippen LogP contribution is 2.28. The Morgan fingerprint density at radius 3 is 2.56 bits per heavy atom. The third kappa shape index (κ3) is 6.42. The van der Waals surface area contributed by atoms with Crippen LogP contribution in [0, 0.1) is 11.3 Å². The van der Waals surface area contributed by atoms with E-state index in [0.717, 1.165) is 37.7 Å². The van der Waals surface area contributed by atoms with Crippen LogP contribution in [0.1, 0.15) is 25.3 Å². The van der Waals surface area contributed by atoms with E-state index in [1.165, 1.54) is 13.3 Å². The van der Waals surface area contributed by atoms with Crippen LogP contribution in [0.15, 0.2) is 48.8 Å². The number of hydrogen-bond donors (Lipinski definition) is 2. The third-order valence-corrected chi connectivity index (χ3v) is 6.83. The molecule has 1 aromatic heterocycles. The van der Waals surface area contributed by atoms with Gasteiger partial charge in [-0.3, -0.25) is 4.79 Å². The molecule has 2 N–H and O–H groups in total. The summed E-state index contributed by atoms with van der Waals surface area (Å²) in [6, 6.07) is 15.6. The number of carbonyl (C=O) groups excluding carboxylic acids is 1. The maximum absolute atomic E-state index is 12.0. The summed E-state index contributed by atoms with van der Waals surface area (Å²) >= 11 is 0. The monoisotopic (exact) mass is 529 g/mol. The van der Waals surface area contributed by atoms with Crippen molar-refractivity contribution in [2.24, 2.45) is 0 Å². The molecule has 11 nitrogen and oxygen atoms in total. The molecule has 202 valence electrons. The van der Waals surface area contributed by atoms with Gasteiger partial charge in [0, 0.05) is 56.0 Å². The minimum absolute atomic E-state index is 0.122. The van der Waals surface area contributed by atoms with Crippen LogP contribution < -0.4 is 15.0 Å². The Balaban J connectivity index is 1.23. The second-order valence-electron chi connectivity index (χ2n) is 9.55. The molecular formula is C28H31N7O4. The Kier molecular flexibility index (Phi) is 8.15. The molecule has 3 aromatic rings. The Bertz CT molecular complexity index is 1330. The summed E-state index contributed by atoms with van der Waals surface area (Å²) < 4.78 is 11.5. The van der Waals surface area contributed by atoms with E-state index in [0.29, 0.717) is 54.6 Å². The lowest BCUT2D eigenvalue weighted by Gasteiger charge is -2.33. The number of aromatic nitrogens is 3. The normalized spacial score (nSPS) is 16.8. The molecule has 2 saturated heterocycles. The summed E-state index contributed by atoms with van der Waals surface area (Å²) in [6.07, 6.45) is 1.56. The molecule has 5 rings (SSSR count). The first-order valence-corrected chi connectivity index (χ1v) is 13.1. The van der Waals surface area contributed by atoms with Gasteiger partial charge in [0.15, 0.2) is 5.82 Å². The second kappa shape index (κ2) is 12.1. The number of hydrogen-bond acceptors (Lipinski definition) is 10. The highest BCUT2D eigenvalue weighted by molar-refractivity contribution is 5.80. The van der Waals surface area contributed by atoms with E-state index in [1.54, 1.807) is 17.0 Å². The molecule has 0 spiro atoms. The van der Waals surface area contributed by atoms with Gasteiger partial charge < -0.3 is 29.7 Å². The van der Waals surface area contributed by atoms with Crippen LogP contribution in [0.2, 0.25) is 0 Å². The number of nitriles is 1. The molecule has 0 radical (unpaired) electrons. The highest BCUT2D eigenvalue weighted by atomic mass is 16.5. The standard InChI is InChI=1S/C28H31N7O4/c1-19(36)27(37)35-10-8-24(9-11-35)39-25-7-2-20(16-21(25)17-29)26-30-18-31-28(33-26)32-22-3-5-23(6-4-22)34-12-14-38-15-13-34/h2-7,16,18-19,24,36H,8-15H2,1H3,(H,30,31,32,33)/t19-/m0/s1. The Morgan fingerprint density at radius 1 is 1.13 bits per heavy atom. The first-order valence-electron chi connectivity index (χ1n) is 13.1. The van der Waals surface area contributed by atoms with Crippen LogP contribution in [0.3, 0.4) is 0 Å². The maximum Gasteiger partial charge on any atom is 0.251 e. The Labute approximate surface area is 227 Å². The van der Waals surface area contributed by atoms with Crippen molar-refractivity contribution in [3.63, 3.8) is 0 Å². The van der Waals surface area contributed by atoms with Gasteiger partial charge in [-0.1, -0.05) is 0 Å². The van der Waals surface area contributed by atoms with E-state index in [-0.39, 0.29) is 12.0 Å². The van der Waals surface area contributed by atoms with Crippen LogP contribution in [-0.2, 0) is 9.53 Å². The largest absolute Gasteiger partial charge is 0.489 e. The first-order chi connectivity index (χ1) is 19.0. The summed E-state index contributed by atoms with van der Waals surface area (Å²) in [5, 5.41) is 22.5. The lowest BCUT2D eigenvalue weighted by atomic mass is 10.1. The number of morpholine rings is 1. The average Bonchev–Trinajstić information content (AvgIpc) is 2.98. The second-order valence-corrected chi connectivity index (χ2v) is 9.55. The fourth-order valence-corrected chi connectivity index (χ4v) is 4.70. The van der Waals surface area contributed by atoms with Crippen molar-refractivity contribution >= 4 is 23.2 Å². The van der Waals surface area contributed by atoms with E-state index in [2.05, 4.69) is 43.4 Å². The maximum atomic E-state index is 12.0. The smallest absolute Gasteiger partial charge is 0.251 e. The zero-order valence-electron chi connectivity index (χ0n) is 21.8. The molecule has 0 aliphatic carbocycles. The molecule has 2 fully saturated rings. The van der Waals surface area contributed by atoms with Crippen molar-refractivity contribution in [2.75, 3.05) is 49.6 Å². The zero-order valence-corrected chi connectivity index (χ0v) is 21.8. The minimum Gasteiger partial charge on any atom is -0.489 e. The van der Waals surface area contributed by atoms with Gasteiger partial charge >= 0.3 is 0 Å². The van der Waals surface area contributed by atoms with Gasteiger partial charge in [0.2, 0.25) is 5.95 Å². The van der Waals surface area contributed by atoms with Gasteiger partial charge in [-0.25, -0.2) is 9.97 Å². The summed E-state index contributed by atoms with van der Waals surface area (Å²) in [5.41, 5.74) is 3.05. The molecule has 2 aromatic carbocycles. The minimum atomic E-state index is -1.01. The van der Waals surface area contributed by atoms with E-state index in [9.17, 15) is 15.2 Å². The van der Waals surface area contributed by atoms with Gasteiger partial charge in [-0.2, -0.15) is 10.2 Å². The average molecular weight is 530 g/mol. The fraction of sp³-hybridized carbons (Fsp3) is 0.393. The SMILES string of the molecule is C[C@H](O)C(=O)N1CCC(Oc2ccc(-c3ncnc(Nc4ccc(N5CCOCC5)cc4)n3)cc2C#N)CC1. The molecule has 0 bridgehead atoms. The van der Waals surface area contributed by atoms with Crippen molar-refractivity contribution in [3.8, 4) is 23.2 Å². The summed E-state index contributed by atoms with van der Waals surface area (Å²) in [4.78, 5) is 29.0. The number of nitrogens with zero attached hydrogens (tertiary/aromatic N) is 6. The number of rotatable bonds is 7. The number of ether oxygens (including phenoxy) is 2. The fourth-order valence-electron chi connectivity index (χ4n) is 4.70. The topological polar surface area (TPSA) is 137 Å². The number of amides is 1. The predicted molar refractivity (Wildman–Crippen MR) is 145 cm³/mol. The van der Waals surface area contributed by atoms with Crippen molar-refractivity contribution < 1.29 is 19.4 Å². The van der Waals surface area contributed by atoms with Gasteiger partial charge in [0.05, 0.1) is 18.8 Å². The quantitative estimate of drug-likeness (QED) is 0.470. The molecule has 11 heteroatoms. The van der Waals surface area contributed by atoms with E-state index in [1.807, 2.05) is 18.2 Å². The molecule has 0 unspecified atom stereocenters. The van der Waals surface area contributed by atoms with Gasteiger partial charge in [-0.15, -0.1) is 0 Å². The first kappa shape index (κ1) is 26.3. The number of likely N-dealkylation sites (tertiary alicyclic amines) is 1. The van der Waals surface area contributed by atoms with Crippen LogP contribution in [0.5, 0.6) is 5.75 Å². The lowest BCUT2D eigenvalue weighted by Crippen LogP contribution is -2.45. The molecule has 0 saturated carbocycles. The van der Waals surface area contributed by atoms with Gasteiger partial charge in [0.25, 0.3) is 5.91 Å². The zero-order chi connectivity index (χ0) is 27.2. The number of aliphatic hydroxyl groups excluding tert-OH is 1. The third-order valence-electron chi connectivity index (χ3n) is 6.83. The number of anilines is 3. The van der Waals surface area contributed by atoms with Crippen LogP contribution in [-0.4, -0.2) is 82.5 Å².